The number of nitrogen functional groups attached to an aromatic ring is 1. The van der Waals surface area contributed by atoms with E-state index >= 15 is 0 Å². The number of nitrogens with zero attached hydrogens (tertiary/aromatic N) is 1. The van der Waals surface area contributed by atoms with E-state index in [-0.39, 0.29) is 11.6 Å². The number of benzene rings is 1. The summed E-state index contributed by atoms with van der Waals surface area (Å²) in [6.45, 7) is 0. The van der Waals surface area contributed by atoms with Crippen molar-refractivity contribution < 1.29 is 9.84 Å². The average Bonchev–Trinajstić information content (AvgIpc) is 2.15. The molecule has 1 aromatic heterocycles. The van der Waals surface area contributed by atoms with Gasteiger partial charge in [0, 0.05) is 0 Å². The van der Waals surface area contributed by atoms with Crippen LogP contribution in [0.3, 0.4) is 0 Å². The number of aromatic hydroxyl groups is 1. The van der Waals surface area contributed by atoms with Crippen molar-refractivity contribution >= 4 is 16.7 Å². The van der Waals surface area contributed by atoms with Crippen LogP contribution in [0.1, 0.15) is 0 Å². The average molecular weight is 176 g/mol. The molecule has 0 aliphatic heterocycles. The van der Waals surface area contributed by atoms with E-state index in [0.717, 1.165) is 0 Å². The molecule has 0 radical (unpaired) electrons. The van der Waals surface area contributed by atoms with Gasteiger partial charge in [-0.3, -0.25) is 5.73 Å². The lowest BCUT2D eigenvalue weighted by molar-refractivity contribution is -0.561. The Balaban J connectivity index is 2.97. The molecule has 0 amide bonds. The van der Waals surface area contributed by atoms with E-state index in [0.29, 0.717) is 15.6 Å². The van der Waals surface area contributed by atoms with Crippen LogP contribution in [-0.4, -0.2) is 5.11 Å². The Morgan fingerprint density at radius 1 is 1.31 bits per heavy atom. The standard InChI is InChI=1S/C9H8N2O2/c10-9-5-8(12)6-3-1-2-4-7(6)11(9)13/h1-5,12H,10H2. The molecular formula is C9H8N2O2. The Labute approximate surface area is 74.4 Å². The Bertz CT molecular complexity index is 468. The van der Waals surface area contributed by atoms with E-state index in [9.17, 15) is 10.3 Å². The SMILES string of the molecule is Nc1cc(O)c2ccccc2[n+]1[O-]. The first-order valence-corrected chi connectivity index (χ1v) is 3.80. The number of pyridine rings is 1. The van der Waals surface area contributed by atoms with E-state index < -0.39 is 0 Å². The second-order valence-electron chi connectivity index (χ2n) is 2.77. The molecule has 0 saturated heterocycles. The Morgan fingerprint density at radius 3 is 2.77 bits per heavy atom. The van der Waals surface area contributed by atoms with Crippen LogP contribution in [0.25, 0.3) is 10.9 Å². The molecule has 4 heteroatoms. The van der Waals surface area contributed by atoms with E-state index in [4.69, 9.17) is 5.73 Å². The molecule has 0 aliphatic carbocycles. The van der Waals surface area contributed by atoms with Gasteiger partial charge in [0.1, 0.15) is 11.3 Å². The van der Waals surface area contributed by atoms with Crippen molar-refractivity contribution in [2.24, 2.45) is 0 Å². The fraction of sp³-hybridized carbons (Fsp3) is 0. The molecule has 0 fully saturated rings. The monoisotopic (exact) mass is 176 g/mol. The van der Waals surface area contributed by atoms with Crippen molar-refractivity contribution in [3.8, 4) is 5.75 Å². The Kier molecular flexibility index (Phi) is 1.48. The van der Waals surface area contributed by atoms with Crippen LogP contribution in [0.15, 0.2) is 30.3 Å². The van der Waals surface area contributed by atoms with Gasteiger partial charge in [-0.25, -0.2) is 4.73 Å². The highest BCUT2D eigenvalue weighted by atomic mass is 16.5. The maximum atomic E-state index is 11.4. The highest BCUT2D eigenvalue weighted by Crippen LogP contribution is 2.22. The molecule has 0 aliphatic rings. The summed E-state index contributed by atoms with van der Waals surface area (Å²) in [5.41, 5.74) is 5.75. The third kappa shape index (κ3) is 1.03. The molecular weight excluding hydrogens is 168 g/mol. The smallest absolute Gasteiger partial charge is 0.279 e. The van der Waals surface area contributed by atoms with Crippen molar-refractivity contribution in [3.63, 3.8) is 0 Å². The maximum absolute atomic E-state index is 11.4. The van der Waals surface area contributed by atoms with Crippen molar-refractivity contribution in [1.29, 1.82) is 0 Å². The fourth-order valence-corrected chi connectivity index (χ4v) is 1.28. The lowest BCUT2D eigenvalue weighted by Gasteiger charge is -2.09. The van der Waals surface area contributed by atoms with Crippen LogP contribution in [0.4, 0.5) is 5.82 Å². The van der Waals surface area contributed by atoms with E-state index in [1.807, 2.05) is 0 Å². The van der Waals surface area contributed by atoms with Crippen LogP contribution in [-0.2, 0) is 0 Å². The second-order valence-corrected chi connectivity index (χ2v) is 2.77. The van der Waals surface area contributed by atoms with E-state index in [2.05, 4.69) is 0 Å². The second kappa shape index (κ2) is 2.52. The minimum absolute atomic E-state index is 0.00352. The van der Waals surface area contributed by atoms with Crippen molar-refractivity contribution in [2.45, 2.75) is 0 Å². The fourth-order valence-electron chi connectivity index (χ4n) is 1.28. The first-order valence-electron chi connectivity index (χ1n) is 3.80. The van der Waals surface area contributed by atoms with E-state index in [1.54, 1.807) is 24.3 Å². The van der Waals surface area contributed by atoms with Gasteiger partial charge in [0.15, 0.2) is 0 Å². The Morgan fingerprint density at radius 2 is 2.00 bits per heavy atom. The number of aromatic nitrogens is 1. The summed E-state index contributed by atoms with van der Waals surface area (Å²) >= 11 is 0. The zero-order valence-electron chi connectivity index (χ0n) is 6.77. The summed E-state index contributed by atoms with van der Waals surface area (Å²) in [5.74, 6) is 0.0244. The molecule has 2 aromatic rings. The molecule has 0 unspecified atom stereocenters. The van der Waals surface area contributed by atoms with Gasteiger partial charge in [0.2, 0.25) is 0 Å². The van der Waals surface area contributed by atoms with Gasteiger partial charge in [0.25, 0.3) is 5.82 Å². The lowest BCUT2D eigenvalue weighted by atomic mass is 10.2. The summed E-state index contributed by atoms with van der Waals surface area (Å²) in [5, 5.41) is 21.3. The van der Waals surface area contributed by atoms with Gasteiger partial charge in [-0.2, -0.15) is 0 Å². The van der Waals surface area contributed by atoms with Crippen LogP contribution < -0.4 is 10.5 Å². The number of anilines is 1. The van der Waals surface area contributed by atoms with Gasteiger partial charge in [0.05, 0.1) is 11.5 Å². The summed E-state index contributed by atoms with van der Waals surface area (Å²) in [7, 11) is 0. The number of rotatable bonds is 0. The highest BCUT2D eigenvalue weighted by Gasteiger charge is 2.07. The summed E-state index contributed by atoms with van der Waals surface area (Å²) < 4.78 is 0.592. The predicted molar refractivity (Wildman–Crippen MR) is 49.0 cm³/mol. The number of nitrogens with two attached hydrogens (primary N) is 1. The molecule has 1 aromatic carbocycles. The van der Waals surface area contributed by atoms with Crippen molar-refractivity contribution in [3.05, 3.63) is 35.5 Å². The van der Waals surface area contributed by atoms with Gasteiger partial charge in [-0.05, 0) is 12.1 Å². The topological polar surface area (TPSA) is 73.2 Å². The first-order chi connectivity index (χ1) is 6.20. The molecule has 1 heterocycles. The molecule has 2 rings (SSSR count). The largest absolute Gasteiger partial charge is 0.710 e. The zero-order valence-corrected chi connectivity index (χ0v) is 6.77. The normalized spacial score (nSPS) is 10.5. The number of hydrogen-bond donors (Lipinski definition) is 2. The molecule has 0 atom stereocenters. The maximum Gasteiger partial charge on any atom is 0.279 e. The first kappa shape index (κ1) is 7.67. The van der Waals surface area contributed by atoms with Crippen molar-refractivity contribution in [1.82, 2.24) is 0 Å². The lowest BCUT2D eigenvalue weighted by Crippen LogP contribution is -2.31. The predicted octanol–water partition coefficient (Wildman–Crippen LogP) is 0.761. The molecule has 0 saturated carbocycles. The molecule has 0 bridgehead atoms. The summed E-state index contributed by atoms with van der Waals surface area (Å²) in [4.78, 5) is 0. The van der Waals surface area contributed by atoms with Crippen LogP contribution >= 0.6 is 0 Å². The van der Waals surface area contributed by atoms with Gasteiger partial charge in [-0.15, -0.1) is 0 Å². The van der Waals surface area contributed by atoms with Gasteiger partial charge >= 0.3 is 0 Å². The van der Waals surface area contributed by atoms with Crippen LogP contribution in [0.2, 0.25) is 0 Å². The third-order valence-electron chi connectivity index (χ3n) is 1.92. The minimum Gasteiger partial charge on any atom is -0.710 e. The molecule has 0 spiro atoms. The number of para-hydroxylation sites is 1. The molecule has 66 valence electrons. The Hall–Kier alpha value is -1.97. The minimum atomic E-state index is -0.00352. The van der Waals surface area contributed by atoms with Crippen LogP contribution in [0.5, 0.6) is 5.75 Å². The number of hydrogen-bond acceptors (Lipinski definition) is 3. The molecule has 13 heavy (non-hydrogen) atoms. The highest BCUT2D eigenvalue weighted by molar-refractivity contribution is 5.83. The van der Waals surface area contributed by atoms with Gasteiger partial charge < -0.3 is 10.3 Å². The zero-order chi connectivity index (χ0) is 9.42. The van der Waals surface area contributed by atoms with Crippen molar-refractivity contribution in [2.75, 3.05) is 5.73 Å². The molecule has 3 N–H and O–H groups in total. The number of fused-ring (bicyclic) bond motifs is 1. The summed E-state index contributed by atoms with van der Waals surface area (Å²) in [6, 6.07) is 7.99. The molecule has 4 nitrogen and oxygen atoms in total. The van der Waals surface area contributed by atoms with Gasteiger partial charge in [-0.1, -0.05) is 12.1 Å². The third-order valence-corrected chi connectivity index (χ3v) is 1.92. The quantitative estimate of drug-likeness (QED) is 0.459. The van der Waals surface area contributed by atoms with E-state index in [1.165, 1.54) is 6.07 Å². The summed E-state index contributed by atoms with van der Waals surface area (Å²) in [6.07, 6.45) is 0. The van der Waals surface area contributed by atoms with Crippen LogP contribution in [0, 0.1) is 5.21 Å².